The molecule has 1 aromatic rings. The van der Waals surface area contributed by atoms with Crippen LogP contribution in [-0.4, -0.2) is 27.8 Å². The minimum absolute atomic E-state index is 0.174. The maximum Gasteiger partial charge on any atom is 0.414 e. The van der Waals surface area contributed by atoms with Crippen LogP contribution in [0.2, 0.25) is 0 Å². The number of hydrogen-bond acceptors (Lipinski definition) is 3. The largest absolute Gasteiger partial charge is 0.414 e. The highest BCUT2D eigenvalue weighted by molar-refractivity contribution is 7.89. The third-order valence-corrected chi connectivity index (χ3v) is 4.24. The first-order chi connectivity index (χ1) is 9.39. The van der Waals surface area contributed by atoms with E-state index < -0.39 is 34.1 Å². The van der Waals surface area contributed by atoms with Crippen molar-refractivity contribution in [2.75, 3.05) is 7.11 Å². The molecule has 0 radical (unpaired) electrons. The Morgan fingerprint density at radius 1 is 1.24 bits per heavy atom. The Kier molecular flexibility index (Phi) is 5.07. The van der Waals surface area contributed by atoms with Crippen LogP contribution in [0.3, 0.4) is 0 Å². The van der Waals surface area contributed by atoms with Gasteiger partial charge in [-0.3, -0.25) is 0 Å². The molecule has 0 saturated heterocycles. The summed E-state index contributed by atoms with van der Waals surface area (Å²) in [6.45, 7) is 3.05. The van der Waals surface area contributed by atoms with Crippen LogP contribution in [0.4, 0.5) is 13.2 Å². The molecular formula is C13H18F3NO3S. The predicted octanol–water partition coefficient (Wildman–Crippen LogP) is 2.58. The number of halogens is 3. The van der Waals surface area contributed by atoms with Gasteiger partial charge in [0.2, 0.25) is 10.0 Å². The number of methoxy groups -OCH3 is 1. The molecule has 0 heterocycles. The molecule has 8 heteroatoms. The second-order valence-corrected chi connectivity index (χ2v) is 6.92. The third-order valence-electron chi connectivity index (χ3n) is 3.27. The van der Waals surface area contributed by atoms with E-state index in [1.54, 1.807) is 6.07 Å². The van der Waals surface area contributed by atoms with E-state index in [9.17, 15) is 21.6 Å². The van der Waals surface area contributed by atoms with Crippen LogP contribution in [0.15, 0.2) is 29.2 Å². The molecule has 0 spiro atoms. The summed E-state index contributed by atoms with van der Waals surface area (Å²) in [5.41, 5.74) is -0.849. The highest BCUT2D eigenvalue weighted by Gasteiger charge is 2.44. The lowest BCUT2D eigenvalue weighted by atomic mass is 9.79. The molecule has 0 saturated carbocycles. The Hall–Kier alpha value is -1.12. The molecule has 1 rings (SSSR count). The van der Waals surface area contributed by atoms with Crippen molar-refractivity contribution in [3.8, 4) is 0 Å². The lowest BCUT2D eigenvalue weighted by Crippen LogP contribution is -2.37. The number of ether oxygens (including phenoxy) is 1. The summed E-state index contributed by atoms with van der Waals surface area (Å²) in [5, 5.41) is 5.12. The smallest absolute Gasteiger partial charge is 0.372 e. The molecule has 0 bridgehead atoms. The third kappa shape index (κ3) is 4.42. The maximum absolute atomic E-state index is 12.8. The van der Waals surface area contributed by atoms with Crippen LogP contribution in [0.1, 0.15) is 25.8 Å². The van der Waals surface area contributed by atoms with Gasteiger partial charge >= 0.3 is 6.18 Å². The normalized spacial score (nSPS) is 15.0. The predicted molar refractivity (Wildman–Crippen MR) is 72.3 cm³/mol. The second kappa shape index (κ2) is 5.94. The number of rotatable bonds is 5. The van der Waals surface area contributed by atoms with E-state index >= 15 is 0 Å². The standard InChI is InChI=1S/C13H18F3NO3S/c1-12(2,8-11(20-3)13(14,15)16)9-6-4-5-7-10(9)21(17,18)19/h4-7,11H,8H2,1-3H3,(H2,17,18,19). The van der Waals surface area contributed by atoms with Crippen molar-refractivity contribution in [2.24, 2.45) is 5.14 Å². The van der Waals surface area contributed by atoms with Crippen LogP contribution in [0, 0.1) is 0 Å². The van der Waals surface area contributed by atoms with Gasteiger partial charge in [0.1, 0.15) is 0 Å². The Labute approximate surface area is 122 Å². The van der Waals surface area contributed by atoms with Crippen molar-refractivity contribution in [2.45, 2.75) is 42.9 Å². The van der Waals surface area contributed by atoms with E-state index in [0.29, 0.717) is 0 Å². The van der Waals surface area contributed by atoms with Gasteiger partial charge in [-0.2, -0.15) is 13.2 Å². The minimum atomic E-state index is -4.53. The summed E-state index contributed by atoms with van der Waals surface area (Å²) >= 11 is 0. The first-order valence-electron chi connectivity index (χ1n) is 6.11. The fourth-order valence-electron chi connectivity index (χ4n) is 2.18. The average Bonchev–Trinajstić information content (AvgIpc) is 2.33. The van der Waals surface area contributed by atoms with Crippen molar-refractivity contribution >= 4 is 10.0 Å². The molecule has 1 unspecified atom stereocenters. The van der Waals surface area contributed by atoms with E-state index in [1.165, 1.54) is 32.0 Å². The summed E-state index contributed by atoms with van der Waals surface area (Å²) in [4.78, 5) is -0.174. The van der Waals surface area contributed by atoms with E-state index in [-0.39, 0.29) is 10.5 Å². The fraction of sp³-hybridized carbons (Fsp3) is 0.538. The van der Waals surface area contributed by atoms with Crippen molar-refractivity contribution in [3.63, 3.8) is 0 Å². The van der Waals surface area contributed by atoms with Crippen LogP contribution in [-0.2, 0) is 20.2 Å². The molecular weight excluding hydrogens is 307 g/mol. The van der Waals surface area contributed by atoms with Gasteiger partial charge in [0.05, 0.1) is 4.90 Å². The van der Waals surface area contributed by atoms with Gasteiger partial charge in [0, 0.05) is 7.11 Å². The molecule has 0 aromatic heterocycles. The molecule has 0 aliphatic rings. The number of alkyl halides is 3. The summed E-state index contributed by atoms with van der Waals surface area (Å²) in [5.74, 6) is 0. The van der Waals surface area contributed by atoms with Gasteiger partial charge in [0.15, 0.2) is 6.10 Å². The molecule has 0 aliphatic carbocycles. The van der Waals surface area contributed by atoms with Gasteiger partial charge < -0.3 is 4.74 Å². The van der Waals surface area contributed by atoms with E-state index in [2.05, 4.69) is 4.74 Å². The van der Waals surface area contributed by atoms with Crippen molar-refractivity contribution in [1.82, 2.24) is 0 Å². The SMILES string of the molecule is COC(CC(C)(C)c1ccccc1S(N)(=O)=O)C(F)(F)F. The van der Waals surface area contributed by atoms with E-state index in [0.717, 1.165) is 7.11 Å². The minimum Gasteiger partial charge on any atom is -0.372 e. The van der Waals surface area contributed by atoms with Gasteiger partial charge in [0.25, 0.3) is 0 Å². The highest BCUT2D eigenvalue weighted by Crippen LogP contribution is 2.37. The molecule has 1 aromatic carbocycles. The van der Waals surface area contributed by atoms with E-state index in [4.69, 9.17) is 5.14 Å². The molecule has 4 nitrogen and oxygen atoms in total. The summed E-state index contributed by atoms with van der Waals surface area (Å²) in [6, 6.07) is 5.77. The quantitative estimate of drug-likeness (QED) is 0.904. The molecule has 120 valence electrons. The Morgan fingerprint density at radius 3 is 2.19 bits per heavy atom. The molecule has 0 amide bonds. The molecule has 0 aliphatic heterocycles. The second-order valence-electron chi connectivity index (χ2n) is 5.40. The zero-order valence-corrected chi connectivity index (χ0v) is 12.8. The molecule has 2 N–H and O–H groups in total. The number of primary sulfonamides is 1. The van der Waals surface area contributed by atoms with Gasteiger partial charge in [-0.1, -0.05) is 32.0 Å². The van der Waals surface area contributed by atoms with E-state index in [1.807, 2.05) is 0 Å². The fourth-order valence-corrected chi connectivity index (χ4v) is 3.10. The van der Waals surface area contributed by atoms with Crippen LogP contribution in [0.25, 0.3) is 0 Å². The van der Waals surface area contributed by atoms with Crippen LogP contribution in [0.5, 0.6) is 0 Å². The van der Waals surface area contributed by atoms with Crippen molar-refractivity contribution < 1.29 is 26.3 Å². The average molecular weight is 325 g/mol. The zero-order valence-electron chi connectivity index (χ0n) is 11.9. The number of nitrogens with two attached hydrogens (primary N) is 1. The number of sulfonamides is 1. The summed E-state index contributed by atoms with van der Waals surface area (Å²) in [7, 11) is -3.04. The van der Waals surface area contributed by atoms with Crippen molar-refractivity contribution in [3.05, 3.63) is 29.8 Å². The number of benzene rings is 1. The summed E-state index contributed by atoms with van der Waals surface area (Å²) in [6.07, 6.45) is -6.93. The Morgan fingerprint density at radius 2 is 1.76 bits per heavy atom. The summed E-state index contributed by atoms with van der Waals surface area (Å²) < 4.78 is 66.1. The van der Waals surface area contributed by atoms with Gasteiger partial charge in [-0.05, 0) is 23.5 Å². The zero-order chi connectivity index (χ0) is 16.5. The van der Waals surface area contributed by atoms with Gasteiger partial charge in [-0.25, -0.2) is 13.6 Å². The van der Waals surface area contributed by atoms with Gasteiger partial charge in [-0.15, -0.1) is 0 Å². The Balaban J connectivity index is 3.26. The highest BCUT2D eigenvalue weighted by atomic mass is 32.2. The lowest BCUT2D eigenvalue weighted by Gasteiger charge is -2.31. The first-order valence-corrected chi connectivity index (χ1v) is 7.66. The molecule has 0 fully saturated rings. The lowest BCUT2D eigenvalue weighted by molar-refractivity contribution is -0.218. The molecule has 21 heavy (non-hydrogen) atoms. The van der Waals surface area contributed by atoms with Crippen molar-refractivity contribution in [1.29, 1.82) is 0 Å². The number of hydrogen-bond donors (Lipinski definition) is 1. The first kappa shape index (κ1) is 17.9. The van der Waals surface area contributed by atoms with Crippen LogP contribution < -0.4 is 5.14 Å². The maximum atomic E-state index is 12.8. The topological polar surface area (TPSA) is 69.4 Å². The monoisotopic (exact) mass is 325 g/mol. The van der Waals surface area contributed by atoms with Crippen LogP contribution >= 0.6 is 0 Å². The molecule has 1 atom stereocenters. The Bertz CT molecular complexity index is 597.